The predicted octanol–water partition coefficient (Wildman–Crippen LogP) is 14.4. The van der Waals surface area contributed by atoms with Crippen LogP contribution in [0.2, 0.25) is 0 Å². The number of nitro benzene ring substituents is 3. The van der Waals surface area contributed by atoms with Crippen LogP contribution in [0.25, 0.3) is 33.1 Å². The van der Waals surface area contributed by atoms with Gasteiger partial charge in [0.25, 0.3) is 5.69 Å². The number of nitro groups is 3. The fourth-order valence-corrected chi connectivity index (χ4v) is 13.3. The summed E-state index contributed by atoms with van der Waals surface area (Å²) in [4.78, 5) is 137. The number of anilines is 6. The van der Waals surface area contributed by atoms with Crippen LogP contribution in [0.4, 0.5) is 60.8 Å². The van der Waals surface area contributed by atoms with Crippen LogP contribution in [0.15, 0.2) is 146 Å². The van der Waals surface area contributed by atoms with Gasteiger partial charge >= 0.3 is 53.2 Å². The summed E-state index contributed by atoms with van der Waals surface area (Å²) in [6.45, 7) is 13.0. The molecule has 13 aromatic rings. The van der Waals surface area contributed by atoms with Crippen LogP contribution >= 0.6 is 11.6 Å². The Morgan fingerprint density at radius 1 is 0.423 bits per heavy atom. The van der Waals surface area contributed by atoms with Gasteiger partial charge in [-0.3, -0.25) is 45.3 Å². The van der Waals surface area contributed by atoms with Gasteiger partial charge in [0.05, 0.1) is 191 Å². The third-order valence-corrected chi connectivity index (χ3v) is 20.4. The van der Waals surface area contributed by atoms with Crippen molar-refractivity contribution >= 4 is 138 Å². The topological polar surface area (TPSA) is 564 Å². The quantitative estimate of drug-likeness (QED) is 0.00827. The van der Waals surface area contributed by atoms with E-state index in [1.165, 1.54) is 53.7 Å². The van der Waals surface area contributed by atoms with Crippen molar-refractivity contribution in [2.45, 2.75) is 60.5 Å². The normalized spacial score (nSPS) is 10.1. The molecule has 0 saturated heterocycles. The minimum absolute atomic E-state index is 0.0550. The molecule has 0 spiro atoms. The molecule has 6 heterocycles. The van der Waals surface area contributed by atoms with Crippen LogP contribution < -0.4 is 51.8 Å². The third-order valence-electron chi connectivity index (χ3n) is 20.1. The second-order valence-electron chi connectivity index (χ2n) is 28.8. The molecule has 0 saturated carbocycles. The number of esters is 5. The molecule has 0 bridgehead atoms. The monoisotopic (exact) mass is 1920 g/mol. The zero-order valence-electron chi connectivity index (χ0n) is 79.1. The Balaban J connectivity index is 0.000000281. The molecule has 728 valence electrons. The van der Waals surface area contributed by atoms with E-state index in [1.54, 1.807) is 113 Å². The number of rotatable bonds is 22. The number of alkyl halides is 1. The number of carbonyl (C=O) groups excluding carboxylic acids is 5. The van der Waals surface area contributed by atoms with Gasteiger partial charge in [0.1, 0.15) is 22.9 Å². The molecule has 7 aromatic carbocycles. The van der Waals surface area contributed by atoms with E-state index >= 15 is 0 Å². The number of carbonyl (C=O) groups is 7. The number of hydrogen-bond acceptors (Lipinski definition) is 34. The van der Waals surface area contributed by atoms with E-state index in [-0.39, 0.29) is 45.8 Å². The van der Waals surface area contributed by atoms with Crippen molar-refractivity contribution in [1.82, 2.24) is 43.6 Å². The van der Waals surface area contributed by atoms with Gasteiger partial charge in [0.2, 0.25) is 29.5 Å². The number of methoxy groups -OCH3 is 8. The van der Waals surface area contributed by atoms with E-state index in [4.69, 9.17) is 57.2 Å². The lowest BCUT2D eigenvalue weighted by molar-refractivity contribution is -0.387. The number of carboxylic acid groups (broad SMARTS) is 2. The summed E-state index contributed by atoms with van der Waals surface area (Å²) in [7, 11) is 25.8. The maximum atomic E-state index is 12.8. The Morgan fingerprint density at radius 3 is 1.05 bits per heavy atom. The fraction of sp³-hybridized carbons (Fsp3) is 0.272. The maximum absolute atomic E-state index is 12.8. The van der Waals surface area contributed by atoms with Crippen LogP contribution in [-0.2, 0) is 63.8 Å². The number of nitrogen functional groups attached to an aromatic ring is 2. The van der Waals surface area contributed by atoms with Crippen molar-refractivity contribution in [3.05, 3.63) is 277 Å². The summed E-state index contributed by atoms with van der Waals surface area (Å²) >= 11 is 5.70. The Morgan fingerprint density at radius 2 is 0.708 bits per heavy atom. The summed E-state index contributed by atoms with van der Waals surface area (Å²) in [6.07, 6.45) is 5.42. The first-order chi connectivity index (χ1) is 64.9. The Bertz CT molecular complexity index is 6570. The first kappa shape index (κ1) is 111. The first-order valence-corrected chi connectivity index (χ1v) is 40.9. The van der Waals surface area contributed by atoms with Crippen LogP contribution in [0, 0.1) is 83.5 Å². The van der Waals surface area contributed by atoms with Gasteiger partial charge in [-0.2, -0.15) is 8.78 Å². The average molecular weight is 1920 g/mol. The third kappa shape index (κ3) is 28.6. The van der Waals surface area contributed by atoms with Gasteiger partial charge in [-0.05, 0) is 158 Å². The number of ether oxygens (including phenoxy) is 8. The molecule has 6 aromatic heterocycles. The molecule has 0 unspecified atom stereocenters. The molecule has 137 heavy (non-hydrogen) atoms. The Kier molecular flexibility index (Phi) is 41.9. The largest absolute Gasteiger partial charge is 0.496 e. The minimum Gasteiger partial charge on any atom is -0.496 e. The van der Waals surface area contributed by atoms with E-state index in [1.807, 2.05) is 114 Å². The number of benzene rings is 7. The smallest absolute Gasteiger partial charge is 0.338 e. The molecule has 45 heteroatoms. The van der Waals surface area contributed by atoms with Gasteiger partial charge in [0, 0.05) is 120 Å². The summed E-state index contributed by atoms with van der Waals surface area (Å²) in [5.41, 5.74) is 30.8. The highest BCUT2D eigenvalue weighted by molar-refractivity contribution is 6.17. The number of aromatic nitrogens is 9. The number of nitrogens with two attached hydrogens (primary N) is 3. The number of aryl methyl sites for hydroxylation is 6. The maximum Gasteiger partial charge on any atom is 0.338 e. The summed E-state index contributed by atoms with van der Waals surface area (Å²) < 4.78 is 70.1. The van der Waals surface area contributed by atoms with E-state index in [0.717, 1.165) is 145 Å². The Hall–Kier alpha value is -16.8. The molecular formula is C92H106ClF2N19O23. The molecule has 10 N–H and O–H groups in total. The molecule has 0 amide bonds. The van der Waals surface area contributed by atoms with Gasteiger partial charge < -0.3 is 99.4 Å². The Labute approximate surface area is 789 Å². The molecule has 0 atom stereocenters. The predicted molar refractivity (Wildman–Crippen MR) is 511 cm³/mol. The number of carboxylic acids is 2. The zero-order chi connectivity index (χ0) is 103. The molecule has 0 aliphatic rings. The molecule has 0 aliphatic carbocycles. The number of imidazole rings is 3. The van der Waals surface area contributed by atoms with Crippen molar-refractivity contribution in [3.63, 3.8) is 0 Å². The molecule has 13 rings (SSSR count). The highest BCUT2D eigenvalue weighted by Crippen LogP contribution is 2.33. The number of halogens is 3. The summed E-state index contributed by atoms with van der Waals surface area (Å²) in [5.74, 6) is -1.81. The van der Waals surface area contributed by atoms with Crippen LogP contribution in [-0.4, -0.2) is 202 Å². The van der Waals surface area contributed by atoms with E-state index < -0.39 is 61.7 Å². The van der Waals surface area contributed by atoms with E-state index in [9.17, 15) is 72.7 Å². The van der Waals surface area contributed by atoms with Crippen molar-refractivity contribution in [1.29, 1.82) is 0 Å². The van der Waals surface area contributed by atoms with E-state index in [2.05, 4.69) is 60.2 Å². The van der Waals surface area contributed by atoms with Crippen LogP contribution in [0.1, 0.15) is 123 Å². The number of aromatic carboxylic acids is 2. The molecular weight excluding hydrogens is 1810 g/mol. The van der Waals surface area contributed by atoms with Crippen molar-refractivity contribution in [2.24, 2.45) is 26.9 Å². The number of hydrogen-bond donors (Lipinski definition) is 7. The lowest BCUT2D eigenvalue weighted by Crippen LogP contribution is -2.21. The second-order valence-corrected chi connectivity index (χ2v) is 29.0. The summed E-state index contributed by atoms with van der Waals surface area (Å²) in [6, 6.07) is 29.8. The van der Waals surface area contributed by atoms with Crippen LogP contribution in [0.3, 0.4) is 0 Å². The molecule has 0 fully saturated rings. The number of fused-ring (bicyclic) bond motifs is 3. The number of pyridine rings is 3. The van der Waals surface area contributed by atoms with Gasteiger partial charge in [-0.1, -0.05) is 0 Å². The molecule has 0 aliphatic heterocycles. The van der Waals surface area contributed by atoms with Gasteiger partial charge in [-0.15, -0.1) is 11.6 Å². The van der Waals surface area contributed by atoms with Crippen molar-refractivity contribution in [2.75, 3.05) is 124 Å². The molecule has 42 nitrogen and oxygen atoms in total. The standard InChI is InChI=1S/C20H24N4O3.C19H22N4O3.C10H11N3O2.C9H12ClNO.C9H10N2O4.C9H12N2O2.C8H6FNO4.C7H4FNO4.CH5N/c1-12-10-21-16(13(2)18(12)26-5)11-23(3)20-22-15-9-14(19(25)27-6)7-8-17(15)24(20)4;1-11-9-20-15(12(2)17(11)26-5)10-22(3)19-21-14-8-13(18(24)25)6-7-16(14)23(19)4;1-13-8-4-3-6(9(14)15-2)5-7(8)12-10(13)11;1-6-5-11-8(4-10)7(2)9(6)12-3;1-10-7-4-3-6(9(12)15-2)5-8(7)11(13)14;1-11-8-4-3-6(5-7(8)10)9(12)13-2;1-14-8(11)5-2-3-6(9)7(4-5)10(12)13;8-5-2-1-4(7(10)11)3-6(5)9(12)13;1-2/h7-10H,11H2,1-6H3;6-9H,10H2,1-5H3,(H,24,25);3-5H,1-2H3,(H2,11,12);5H,4H2,1-3H3;3-5,10H,1-2H3;3-5,11H,10H2,1-2H3;2-4H,1H3;1-3H,(H,10,11);2H2,1H3. The van der Waals surface area contributed by atoms with Crippen molar-refractivity contribution in [3.8, 4) is 17.2 Å². The fourth-order valence-electron chi connectivity index (χ4n) is 13.0. The number of nitrogens with one attached hydrogen (secondary N) is 2. The molecule has 0 radical (unpaired) electrons. The highest BCUT2D eigenvalue weighted by atomic mass is 35.5. The average Bonchev–Trinajstić information content (AvgIpc) is 1.64. The first-order valence-electron chi connectivity index (χ1n) is 40.4. The lowest BCUT2D eigenvalue weighted by Gasteiger charge is -2.20. The lowest BCUT2D eigenvalue weighted by atomic mass is 10.1. The van der Waals surface area contributed by atoms with E-state index in [0.29, 0.717) is 70.1 Å². The minimum atomic E-state index is -1.33. The van der Waals surface area contributed by atoms with Gasteiger partial charge in [0.15, 0.2) is 0 Å². The van der Waals surface area contributed by atoms with Gasteiger partial charge in [-0.25, -0.2) is 48.5 Å². The second kappa shape index (κ2) is 51.9. The summed E-state index contributed by atoms with van der Waals surface area (Å²) in [5, 5.41) is 54.3. The SMILES string of the molecule is CN.CNc1ccc(C(=O)OC)cc1N.CNc1ccc(C(=O)OC)cc1[N+](=O)[O-].COC(=O)c1ccc(F)c([N+](=O)[O-])c1.COC(=O)c1ccc2c(c1)nc(N(C)Cc1ncc(C)c(OC)c1C)n2C.COC(=O)c1ccc2c(c1)nc(N)n2C.COc1c(C)cnc(CCl)c1C.COc1c(C)cnc(CN(C)c2nc3cc(C(=O)O)ccc3n2C)c1C.O=C(O)c1ccc(F)c([N+](=O)[O-])c1. The van der Waals surface area contributed by atoms with Crippen molar-refractivity contribution < 1.29 is 105 Å². The van der Waals surface area contributed by atoms with Crippen LogP contribution in [0.5, 0.6) is 17.2 Å². The highest BCUT2D eigenvalue weighted by Gasteiger charge is 2.24. The number of nitrogens with zero attached hydrogens (tertiary/aromatic N) is 14. The zero-order valence-corrected chi connectivity index (χ0v) is 79.8.